The van der Waals surface area contributed by atoms with Gasteiger partial charge in [0.25, 0.3) is 0 Å². The van der Waals surface area contributed by atoms with Gasteiger partial charge in [0.05, 0.1) is 6.10 Å². The molecule has 0 heterocycles. The van der Waals surface area contributed by atoms with Crippen LogP contribution in [0.5, 0.6) is 0 Å². The highest BCUT2D eigenvalue weighted by atomic mass is 16.5. The standard InChI is InChI=1S/C8H18N2O/c1-10-8-4-3-6(11-2)5-7(8)9/h6-8,10H,3-5,9H2,1-2H3/t6?,7-,8+/m0/s1. The lowest BCUT2D eigenvalue weighted by atomic mass is 9.89. The molecule has 0 amide bonds. The lowest BCUT2D eigenvalue weighted by molar-refractivity contribution is 0.0556. The minimum absolute atomic E-state index is 0.263. The van der Waals surface area contributed by atoms with Gasteiger partial charge in [-0.25, -0.2) is 0 Å². The van der Waals surface area contributed by atoms with E-state index in [1.54, 1.807) is 7.11 Å². The molecule has 0 aromatic carbocycles. The Hall–Kier alpha value is -0.120. The second kappa shape index (κ2) is 4.04. The smallest absolute Gasteiger partial charge is 0.0587 e. The molecule has 3 nitrogen and oxygen atoms in total. The number of likely N-dealkylation sites (N-methyl/N-ethyl adjacent to an activating group) is 1. The summed E-state index contributed by atoms with van der Waals surface area (Å²) in [6.45, 7) is 0. The first-order valence-electron chi connectivity index (χ1n) is 4.23. The van der Waals surface area contributed by atoms with Crippen molar-refractivity contribution in [2.45, 2.75) is 37.5 Å². The minimum atomic E-state index is 0.263. The molecule has 1 aliphatic carbocycles. The van der Waals surface area contributed by atoms with Crippen molar-refractivity contribution in [3.63, 3.8) is 0 Å². The van der Waals surface area contributed by atoms with E-state index in [4.69, 9.17) is 10.5 Å². The molecule has 3 heteroatoms. The van der Waals surface area contributed by atoms with Gasteiger partial charge in [0.15, 0.2) is 0 Å². The zero-order valence-electron chi connectivity index (χ0n) is 7.34. The number of hydrogen-bond donors (Lipinski definition) is 2. The Morgan fingerprint density at radius 1 is 1.45 bits per heavy atom. The van der Waals surface area contributed by atoms with E-state index in [0.29, 0.717) is 12.1 Å². The van der Waals surface area contributed by atoms with E-state index in [1.807, 2.05) is 7.05 Å². The van der Waals surface area contributed by atoms with Crippen LogP contribution in [0.25, 0.3) is 0 Å². The van der Waals surface area contributed by atoms with Gasteiger partial charge in [-0.1, -0.05) is 0 Å². The van der Waals surface area contributed by atoms with E-state index in [-0.39, 0.29) is 6.04 Å². The van der Waals surface area contributed by atoms with Crippen LogP contribution in [0.3, 0.4) is 0 Å². The van der Waals surface area contributed by atoms with E-state index < -0.39 is 0 Å². The fourth-order valence-corrected chi connectivity index (χ4v) is 1.74. The minimum Gasteiger partial charge on any atom is -0.381 e. The van der Waals surface area contributed by atoms with Gasteiger partial charge in [-0.2, -0.15) is 0 Å². The largest absolute Gasteiger partial charge is 0.381 e. The number of hydrogen-bond acceptors (Lipinski definition) is 3. The van der Waals surface area contributed by atoms with Crippen LogP contribution in [0.1, 0.15) is 19.3 Å². The number of nitrogens with one attached hydrogen (secondary N) is 1. The summed E-state index contributed by atoms with van der Waals surface area (Å²) in [5, 5.41) is 3.22. The van der Waals surface area contributed by atoms with Crippen LogP contribution in [0, 0.1) is 0 Å². The first kappa shape index (κ1) is 8.97. The summed E-state index contributed by atoms with van der Waals surface area (Å²) in [4.78, 5) is 0. The van der Waals surface area contributed by atoms with Crippen molar-refractivity contribution in [1.82, 2.24) is 5.32 Å². The third-order valence-corrected chi connectivity index (χ3v) is 2.56. The molecule has 0 aromatic rings. The predicted molar refractivity (Wildman–Crippen MR) is 45.5 cm³/mol. The lowest BCUT2D eigenvalue weighted by Crippen LogP contribution is -2.49. The highest BCUT2D eigenvalue weighted by molar-refractivity contribution is 4.86. The van der Waals surface area contributed by atoms with Gasteiger partial charge in [-0.3, -0.25) is 0 Å². The molecule has 3 atom stereocenters. The van der Waals surface area contributed by atoms with E-state index in [2.05, 4.69) is 5.32 Å². The van der Waals surface area contributed by atoms with Crippen molar-refractivity contribution in [2.75, 3.05) is 14.2 Å². The van der Waals surface area contributed by atoms with Crippen LogP contribution in [-0.2, 0) is 4.74 Å². The maximum Gasteiger partial charge on any atom is 0.0587 e. The summed E-state index contributed by atoms with van der Waals surface area (Å²) in [5.74, 6) is 0. The Morgan fingerprint density at radius 2 is 2.18 bits per heavy atom. The van der Waals surface area contributed by atoms with Gasteiger partial charge in [0.1, 0.15) is 0 Å². The molecular formula is C8H18N2O. The summed E-state index contributed by atoms with van der Waals surface area (Å²) in [7, 11) is 3.73. The van der Waals surface area contributed by atoms with E-state index in [0.717, 1.165) is 19.3 Å². The van der Waals surface area contributed by atoms with Gasteiger partial charge in [0.2, 0.25) is 0 Å². The molecule has 1 unspecified atom stereocenters. The summed E-state index contributed by atoms with van der Waals surface area (Å²) in [5.41, 5.74) is 5.91. The van der Waals surface area contributed by atoms with E-state index >= 15 is 0 Å². The van der Waals surface area contributed by atoms with Crippen LogP contribution >= 0.6 is 0 Å². The maximum absolute atomic E-state index is 5.91. The van der Waals surface area contributed by atoms with Crippen molar-refractivity contribution >= 4 is 0 Å². The van der Waals surface area contributed by atoms with E-state index in [9.17, 15) is 0 Å². The highest BCUT2D eigenvalue weighted by Gasteiger charge is 2.26. The molecule has 0 spiro atoms. The van der Waals surface area contributed by atoms with Crippen molar-refractivity contribution in [2.24, 2.45) is 5.73 Å². The number of nitrogens with two attached hydrogens (primary N) is 1. The molecule has 0 bridgehead atoms. The molecule has 0 radical (unpaired) electrons. The number of methoxy groups -OCH3 is 1. The summed E-state index contributed by atoms with van der Waals surface area (Å²) >= 11 is 0. The molecule has 1 rings (SSSR count). The zero-order valence-corrected chi connectivity index (χ0v) is 7.34. The molecule has 1 saturated carbocycles. The fourth-order valence-electron chi connectivity index (χ4n) is 1.74. The predicted octanol–water partition coefficient (Wildman–Crippen LogP) is 0.101. The summed E-state index contributed by atoms with van der Waals surface area (Å²) in [6.07, 6.45) is 3.64. The zero-order chi connectivity index (χ0) is 8.27. The molecule has 1 aliphatic rings. The van der Waals surface area contributed by atoms with Crippen LogP contribution in [0.2, 0.25) is 0 Å². The van der Waals surface area contributed by atoms with Gasteiger partial charge in [0, 0.05) is 19.2 Å². The summed E-state index contributed by atoms with van der Waals surface area (Å²) in [6, 6.07) is 0.750. The molecule has 11 heavy (non-hydrogen) atoms. The van der Waals surface area contributed by atoms with Crippen molar-refractivity contribution < 1.29 is 4.74 Å². The SMILES string of the molecule is CN[C@@H]1CCC(OC)C[C@@H]1N. The first-order chi connectivity index (χ1) is 5.27. The molecule has 66 valence electrons. The van der Waals surface area contributed by atoms with E-state index in [1.165, 1.54) is 0 Å². The molecule has 1 fully saturated rings. The second-order valence-corrected chi connectivity index (χ2v) is 3.23. The lowest BCUT2D eigenvalue weighted by Gasteiger charge is -2.32. The Kier molecular flexibility index (Phi) is 3.30. The monoisotopic (exact) mass is 158 g/mol. The average Bonchev–Trinajstić information content (AvgIpc) is 2.04. The Bertz CT molecular complexity index is 119. The molecule has 0 aliphatic heterocycles. The van der Waals surface area contributed by atoms with Crippen LogP contribution in [0.4, 0.5) is 0 Å². The normalized spacial score (nSPS) is 39.0. The van der Waals surface area contributed by atoms with Gasteiger partial charge in [-0.15, -0.1) is 0 Å². The van der Waals surface area contributed by atoms with Crippen molar-refractivity contribution in [3.8, 4) is 0 Å². The van der Waals surface area contributed by atoms with Gasteiger partial charge in [-0.05, 0) is 26.3 Å². The third kappa shape index (κ3) is 2.15. The number of ether oxygens (including phenoxy) is 1. The summed E-state index contributed by atoms with van der Waals surface area (Å²) < 4.78 is 5.25. The first-order valence-corrected chi connectivity index (χ1v) is 4.23. The Morgan fingerprint density at radius 3 is 2.64 bits per heavy atom. The Balaban J connectivity index is 2.34. The second-order valence-electron chi connectivity index (χ2n) is 3.23. The highest BCUT2D eigenvalue weighted by Crippen LogP contribution is 2.19. The molecule has 0 aromatic heterocycles. The topological polar surface area (TPSA) is 47.3 Å². The van der Waals surface area contributed by atoms with Crippen molar-refractivity contribution in [1.29, 1.82) is 0 Å². The van der Waals surface area contributed by atoms with Gasteiger partial charge >= 0.3 is 0 Å². The Labute approximate surface area is 68.3 Å². The van der Waals surface area contributed by atoms with Crippen LogP contribution < -0.4 is 11.1 Å². The maximum atomic E-state index is 5.91. The molecule has 3 N–H and O–H groups in total. The molecule has 0 saturated heterocycles. The average molecular weight is 158 g/mol. The third-order valence-electron chi connectivity index (χ3n) is 2.56. The van der Waals surface area contributed by atoms with Crippen LogP contribution in [-0.4, -0.2) is 32.3 Å². The van der Waals surface area contributed by atoms with Crippen LogP contribution in [0.15, 0.2) is 0 Å². The molecular weight excluding hydrogens is 140 g/mol. The number of rotatable bonds is 2. The van der Waals surface area contributed by atoms with Gasteiger partial charge < -0.3 is 15.8 Å². The van der Waals surface area contributed by atoms with Crippen molar-refractivity contribution in [3.05, 3.63) is 0 Å². The quantitative estimate of drug-likeness (QED) is 0.599. The fraction of sp³-hybridized carbons (Fsp3) is 1.00.